The Morgan fingerprint density at radius 2 is 2.17 bits per heavy atom. The van der Waals surface area contributed by atoms with Crippen molar-refractivity contribution in [3.05, 3.63) is 0 Å². The van der Waals surface area contributed by atoms with Crippen LogP contribution < -0.4 is 5.43 Å². The van der Waals surface area contributed by atoms with E-state index in [1.807, 2.05) is 0 Å². The van der Waals surface area contributed by atoms with E-state index in [0.29, 0.717) is 0 Å². The summed E-state index contributed by atoms with van der Waals surface area (Å²) in [5.74, 6) is -1.31. The summed E-state index contributed by atoms with van der Waals surface area (Å²) < 4.78 is 0. The molecule has 0 saturated carbocycles. The maximum absolute atomic E-state index is 10.1. The van der Waals surface area contributed by atoms with Gasteiger partial charge in [-0.2, -0.15) is 5.10 Å². The summed E-state index contributed by atoms with van der Waals surface area (Å²) >= 11 is 5.15. The number of carboxylic acids is 1. The number of halogens is 1. The van der Waals surface area contributed by atoms with Gasteiger partial charge in [-0.25, -0.2) is 4.79 Å². The molecule has 0 aliphatic rings. The Hall–Kier alpha value is -0.810. The van der Waals surface area contributed by atoms with Crippen molar-refractivity contribution >= 4 is 22.7 Å². The molecule has 0 rings (SSSR count). The lowest BCUT2D eigenvalue weighted by Crippen LogP contribution is -2.32. The van der Waals surface area contributed by atoms with Crippen LogP contribution in [0.3, 0.4) is 0 Å². The molecule has 5 nitrogen and oxygen atoms in total. The molecule has 0 amide bonds. The second-order valence-electron chi connectivity index (χ2n) is 2.86. The number of nitrogens with one attached hydrogen (secondary N) is 1. The highest BCUT2D eigenvalue weighted by atomic mass is 35.5. The van der Waals surface area contributed by atoms with Crippen molar-refractivity contribution in [3.8, 4) is 0 Å². The normalized spacial score (nSPS) is 12.8. The number of aliphatic carboxylic acids is 1. The van der Waals surface area contributed by atoms with Crippen LogP contribution in [0.25, 0.3) is 0 Å². The van der Waals surface area contributed by atoms with Crippen molar-refractivity contribution in [2.45, 2.75) is 19.4 Å². The van der Waals surface area contributed by atoms with E-state index in [2.05, 4.69) is 10.5 Å². The third-order valence-corrected chi connectivity index (χ3v) is 1.11. The first-order chi connectivity index (χ1) is 5.33. The first-order valence-corrected chi connectivity index (χ1v) is 3.62. The van der Waals surface area contributed by atoms with E-state index in [9.17, 15) is 4.79 Å². The molecule has 0 unspecified atom stereocenters. The zero-order valence-electron chi connectivity index (χ0n) is 6.83. The number of hydrogen-bond acceptors (Lipinski definition) is 4. The molecule has 0 radical (unpaired) electrons. The molecule has 0 aromatic carbocycles. The van der Waals surface area contributed by atoms with Gasteiger partial charge < -0.3 is 15.6 Å². The summed E-state index contributed by atoms with van der Waals surface area (Å²) in [7, 11) is 0. The monoisotopic (exact) mass is 194 g/mol. The van der Waals surface area contributed by atoms with Gasteiger partial charge in [0, 0.05) is 0 Å². The standard InChI is InChI=1S/C6H11ClN2O3/c1-6(2,12)3-8-9-4(7)5(10)11/h8,12H,3H2,1-2H3,(H,10,11)/b9-4-. The van der Waals surface area contributed by atoms with Crippen LogP contribution in [0.1, 0.15) is 13.8 Å². The Morgan fingerprint density at radius 1 is 1.67 bits per heavy atom. The van der Waals surface area contributed by atoms with Gasteiger partial charge in [-0.05, 0) is 13.8 Å². The minimum Gasteiger partial charge on any atom is -0.476 e. The second-order valence-corrected chi connectivity index (χ2v) is 3.21. The Kier molecular flexibility index (Phi) is 3.99. The maximum atomic E-state index is 10.1. The van der Waals surface area contributed by atoms with Crippen molar-refractivity contribution < 1.29 is 15.0 Å². The fourth-order valence-electron chi connectivity index (χ4n) is 0.350. The third kappa shape index (κ3) is 5.94. The molecule has 0 fully saturated rings. The van der Waals surface area contributed by atoms with Gasteiger partial charge in [0.2, 0.25) is 5.17 Å². The van der Waals surface area contributed by atoms with Crippen LogP contribution in [0.4, 0.5) is 0 Å². The molecular weight excluding hydrogens is 184 g/mol. The number of rotatable bonds is 4. The van der Waals surface area contributed by atoms with Crippen molar-refractivity contribution in [3.63, 3.8) is 0 Å². The molecule has 3 N–H and O–H groups in total. The van der Waals surface area contributed by atoms with Gasteiger partial charge in [0.1, 0.15) is 0 Å². The number of aliphatic hydroxyl groups is 1. The van der Waals surface area contributed by atoms with Crippen molar-refractivity contribution in [2.24, 2.45) is 5.10 Å². The van der Waals surface area contributed by atoms with Crippen molar-refractivity contribution in [1.82, 2.24) is 5.43 Å². The summed E-state index contributed by atoms with van der Waals surface area (Å²) in [6, 6.07) is 0. The van der Waals surface area contributed by atoms with E-state index in [0.717, 1.165) is 0 Å². The summed E-state index contributed by atoms with van der Waals surface area (Å²) in [4.78, 5) is 10.1. The molecular formula is C6H11ClN2O3. The molecule has 6 heteroatoms. The average molecular weight is 195 g/mol. The fraction of sp³-hybridized carbons (Fsp3) is 0.667. The first kappa shape index (κ1) is 11.2. The van der Waals surface area contributed by atoms with Gasteiger partial charge >= 0.3 is 5.97 Å². The zero-order valence-corrected chi connectivity index (χ0v) is 7.59. The number of hydrazone groups is 1. The highest BCUT2D eigenvalue weighted by molar-refractivity contribution is 6.81. The van der Waals surface area contributed by atoms with Gasteiger partial charge in [-0.3, -0.25) is 0 Å². The maximum Gasteiger partial charge on any atom is 0.368 e. The van der Waals surface area contributed by atoms with Gasteiger partial charge in [0.15, 0.2) is 0 Å². The minimum absolute atomic E-state index is 0.135. The van der Waals surface area contributed by atoms with Crippen LogP contribution in [-0.4, -0.2) is 33.5 Å². The van der Waals surface area contributed by atoms with Crippen molar-refractivity contribution in [1.29, 1.82) is 0 Å². The van der Waals surface area contributed by atoms with Crippen LogP contribution in [0, 0.1) is 0 Å². The lowest BCUT2D eigenvalue weighted by molar-refractivity contribution is -0.129. The molecule has 0 heterocycles. The smallest absolute Gasteiger partial charge is 0.368 e. The summed E-state index contributed by atoms with van der Waals surface area (Å²) in [6.45, 7) is 3.25. The highest BCUT2D eigenvalue weighted by Gasteiger charge is 2.11. The highest BCUT2D eigenvalue weighted by Crippen LogP contribution is 1.97. The van der Waals surface area contributed by atoms with Crippen LogP contribution in [0.5, 0.6) is 0 Å². The lowest BCUT2D eigenvalue weighted by atomic mass is 10.1. The lowest BCUT2D eigenvalue weighted by Gasteiger charge is -2.15. The predicted molar refractivity (Wildman–Crippen MR) is 45.2 cm³/mol. The summed E-state index contributed by atoms with van der Waals surface area (Å²) in [5.41, 5.74) is 1.39. The predicted octanol–water partition coefficient (Wildman–Crippen LogP) is -0.0162. The topological polar surface area (TPSA) is 81.9 Å². The largest absolute Gasteiger partial charge is 0.476 e. The first-order valence-electron chi connectivity index (χ1n) is 3.24. The molecule has 0 atom stereocenters. The zero-order chi connectivity index (χ0) is 9.78. The van der Waals surface area contributed by atoms with Crippen LogP contribution in [-0.2, 0) is 4.79 Å². The van der Waals surface area contributed by atoms with E-state index in [1.54, 1.807) is 13.8 Å². The average Bonchev–Trinajstić information content (AvgIpc) is 1.84. The van der Waals surface area contributed by atoms with Crippen LogP contribution >= 0.6 is 11.6 Å². The SMILES string of the molecule is CC(C)(O)CN/N=C(\Cl)C(=O)O. The number of hydrogen-bond donors (Lipinski definition) is 3. The van der Waals surface area contributed by atoms with E-state index in [4.69, 9.17) is 21.8 Å². The van der Waals surface area contributed by atoms with Gasteiger partial charge in [-0.1, -0.05) is 11.6 Å². The number of carbonyl (C=O) groups is 1. The molecule has 0 aromatic heterocycles. The quantitative estimate of drug-likeness (QED) is 0.434. The molecule has 0 aliphatic heterocycles. The van der Waals surface area contributed by atoms with E-state index < -0.39 is 16.7 Å². The van der Waals surface area contributed by atoms with Crippen molar-refractivity contribution in [2.75, 3.05) is 6.54 Å². The molecule has 0 aromatic rings. The van der Waals surface area contributed by atoms with Crippen LogP contribution in [0.15, 0.2) is 5.10 Å². The molecule has 0 aliphatic carbocycles. The summed E-state index contributed by atoms with van der Waals surface area (Å²) in [5, 5.41) is 20.1. The Bertz CT molecular complexity index is 197. The molecule has 12 heavy (non-hydrogen) atoms. The Labute approximate surface area is 75.0 Å². The van der Waals surface area contributed by atoms with E-state index in [-0.39, 0.29) is 6.54 Å². The molecule has 70 valence electrons. The summed E-state index contributed by atoms with van der Waals surface area (Å²) in [6.07, 6.45) is 0. The van der Waals surface area contributed by atoms with E-state index in [1.165, 1.54) is 0 Å². The number of carboxylic acid groups (broad SMARTS) is 1. The Balaban J connectivity index is 3.83. The molecule has 0 bridgehead atoms. The van der Waals surface area contributed by atoms with Gasteiger partial charge in [0.25, 0.3) is 0 Å². The molecule has 0 spiro atoms. The van der Waals surface area contributed by atoms with Gasteiger partial charge in [0.05, 0.1) is 12.1 Å². The molecule has 0 saturated heterocycles. The minimum atomic E-state index is -1.31. The third-order valence-electron chi connectivity index (χ3n) is 0.865. The van der Waals surface area contributed by atoms with Gasteiger partial charge in [-0.15, -0.1) is 0 Å². The van der Waals surface area contributed by atoms with Crippen LogP contribution in [0.2, 0.25) is 0 Å². The Morgan fingerprint density at radius 3 is 2.50 bits per heavy atom. The second kappa shape index (κ2) is 4.27. The number of nitrogens with zero attached hydrogens (tertiary/aromatic N) is 1. The van der Waals surface area contributed by atoms with E-state index >= 15 is 0 Å². The fourth-order valence-corrected chi connectivity index (χ4v) is 0.410.